The number of benzene rings is 2. The Morgan fingerprint density at radius 2 is 2.00 bits per heavy atom. The van der Waals surface area contributed by atoms with E-state index < -0.39 is 0 Å². The molecule has 0 unspecified atom stereocenters. The van der Waals surface area contributed by atoms with Gasteiger partial charge in [-0.25, -0.2) is 0 Å². The van der Waals surface area contributed by atoms with Crippen molar-refractivity contribution in [2.45, 2.75) is 37.7 Å². The predicted molar refractivity (Wildman–Crippen MR) is 118 cm³/mol. The topological polar surface area (TPSA) is 57.0 Å². The minimum Gasteiger partial charge on any atom is -0.496 e. The summed E-state index contributed by atoms with van der Waals surface area (Å²) in [6.07, 6.45) is 1.80. The van der Waals surface area contributed by atoms with Crippen molar-refractivity contribution in [2.24, 2.45) is 0 Å². The van der Waals surface area contributed by atoms with E-state index in [0.29, 0.717) is 17.5 Å². The Kier molecular flexibility index (Phi) is 6.54. The molecule has 2 aromatic carbocycles. The molecule has 29 heavy (non-hydrogen) atoms. The van der Waals surface area contributed by atoms with Gasteiger partial charge in [0.1, 0.15) is 5.75 Å². The van der Waals surface area contributed by atoms with E-state index in [1.807, 2.05) is 67.8 Å². The minimum absolute atomic E-state index is 0.0863. The van der Waals surface area contributed by atoms with Crippen molar-refractivity contribution in [1.82, 2.24) is 14.8 Å². The van der Waals surface area contributed by atoms with Crippen LogP contribution >= 0.6 is 11.8 Å². The summed E-state index contributed by atoms with van der Waals surface area (Å²) < 4.78 is 7.44. The summed E-state index contributed by atoms with van der Waals surface area (Å²) in [5.41, 5.74) is 3.66. The zero-order valence-corrected chi connectivity index (χ0v) is 18.0. The summed E-state index contributed by atoms with van der Waals surface area (Å²) in [7, 11) is 1.63. The molecule has 0 aliphatic rings. The quantitative estimate of drug-likeness (QED) is 0.295. The fraction of sp³-hybridized carbons (Fsp3) is 0.261. The first-order valence-electron chi connectivity index (χ1n) is 9.41. The minimum atomic E-state index is -0.297. The number of rotatable bonds is 8. The number of hydrogen-bond acceptors (Lipinski definition) is 5. The van der Waals surface area contributed by atoms with Gasteiger partial charge in [0.25, 0.3) is 0 Å². The van der Waals surface area contributed by atoms with Crippen molar-refractivity contribution in [3.63, 3.8) is 0 Å². The average Bonchev–Trinajstić information content (AvgIpc) is 3.11. The number of methoxy groups -OCH3 is 1. The Hall–Kier alpha value is -2.86. The number of Topliss-reactive ketones (excluding diaryl/α,β-unsaturated/α-hetero) is 1. The van der Waals surface area contributed by atoms with Crippen LogP contribution in [-0.4, -0.2) is 32.9 Å². The lowest BCUT2D eigenvalue weighted by Gasteiger charge is -2.14. The highest BCUT2D eigenvalue weighted by atomic mass is 32.2. The van der Waals surface area contributed by atoms with Crippen molar-refractivity contribution in [2.75, 3.05) is 7.11 Å². The van der Waals surface area contributed by atoms with Crippen LogP contribution in [0.5, 0.6) is 5.75 Å². The molecule has 3 rings (SSSR count). The van der Waals surface area contributed by atoms with E-state index in [2.05, 4.69) is 16.8 Å². The van der Waals surface area contributed by atoms with Crippen LogP contribution in [0.4, 0.5) is 0 Å². The Morgan fingerprint density at radius 3 is 2.72 bits per heavy atom. The second kappa shape index (κ2) is 9.09. The molecule has 150 valence electrons. The molecule has 0 N–H and O–H groups in total. The smallest absolute Gasteiger partial charge is 0.192 e. The van der Waals surface area contributed by atoms with Crippen molar-refractivity contribution in [1.29, 1.82) is 0 Å². The van der Waals surface area contributed by atoms with Gasteiger partial charge in [0.2, 0.25) is 0 Å². The molecule has 1 aromatic heterocycles. The predicted octanol–water partition coefficient (Wildman–Crippen LogP) is 5.12. The fourth-order valence-corrected chi connectivity index (χ4v) is 4.06. The monoisotopic (exact) mass is 407 g/mol. The van der Waals surface area contributed by atoms with Crippen LogP contribution in [0.2, 0.25) is 0 Å². The number of thioether (sulfide) groups is 1. The van der Waals surface area contributed by atoms with Gasteiger partial charge in [0.05, 0.1) is 17.9 Å². The third-order valence-electron chi connectivity index (χ3n) is 4.69. The number of aromatic nitrogens is 3. The fourth-order valence-electron chi connectivity index (χ4n) is 3.13. The van der Waals surface area contributed by atoms with E-state index >= 15 is 0 Å². The number of allylic oxidation sites excluding steroid dienone is 1. The summed E-state index contributed by atoms with van der Waals surface area (Å²) in [4.78, 5) is 13.1. The van der Waals surface area contributed by atoms with Gasteiger partial charge in [-0.05, 0) is 44.5 Å². The summed E-state index contributed by atoms with van der Waals surface area (Å²) in [6, 6.07) is 13.6. The highest BCUT2D eigenvalue weighted by Crippen LogP contribution is 2.33. The lowest BCUT2D eigenvalue weighted by atomic mass is 10.0. The number of ether oxygens (including phenoxy) is 1. The number of carbonyl (C=O) groups is 1. The highest BCUT2D eigenvalue weighted by Gasteiger charge is 2.23. The molecule has 0 aliphatic carbocycles. The Morgan fingerprint density at radius 1 is 1.24 bits per heavy atom. The largest absolute Gasteiger partial charge is 0.496 e. The van der Waals surface area contributed by atoms with Crippen molar-refractivity contribution >= 4 is 17.5 Å². The molecule has 0 amide bonds. The van der Waals surface area contributed by atoms with Crippen LogP contribution < -0.4 is 4.74 Å². The normalized spacial score (nSPS) is 11.9. The first-order chi connectivity index (χ1) is 14.0. The van der Waals surface area contributed by atoms with Crippen LogP contribution in [0, 0.1) is 13.8 Å². The number of para-hydroxylation sites is 1. The number of hydrogen-bond donors (Lipinski definition) is 0. The second-order valence-corrected chi connectivity index (χ2v) is 8.16. The zero-order valence-electron chi connectivity index (χ0n) is 17.2. The average molecular weight is 408 g/mol. The number of nitrogens with zero attached hydrogens (tertiary/aromatic N) is 3. The highest BCUT2D eigenvalue weighted by molar-refractivity contribution is 8.00. The van der Waals surface area contributed by atoms with Crippen molar-refractivity contribution in [3.05, 3.63) is 71.8 Å². The third kappa shape index (κ3) is 4.43. The van der Waals surface area contributed by atoms with E-state index in [9.17, 15) is 4.79 Å². The molecule has 5 nitrogen and oxygen atoms in total. The molecular weight excluding hydrogens is 382 g/mol. The van der Waals surface area contributed by atoms with Gasteiger partial charge >= 0.3 is 0 Å². The standard InChI is InChI=1S/C23H25N3O2S/c1-6-13-26-22(18-9-7-8-10-20(18)28-5)24-25-23(26)29-17(4)21(27)19-14-15(2)11-12-16(19)3/h6-12,14,17H,1,13H2,2-5H3/t17-/m0/s1. The van der Waals surface area contributed by atoms with E-state index in [-0.39, 0.29) is 11.0 Å². The molecule has 0 fully saturated rings. The van der Waals surface area contributed by atoms with Crippen LogP contribution in [0.3, 0.4) is 0 Å². The second-order valence-electron chi connectivity index (χ2n) is 6.85. The molecule has 1 heterocycles. The lowest BCUT2D eigenvalue weighted by Crippen LogP contribution is -2.16. The Balaban J connectivity index is 1.93. The maximum Gasteiger partial charge on any atom is 0.192 e. The molecular formula is C23H25N3O2S. The lowest BCUT2D eigenvalue weighted by molar-refractivity contribution is 0.0993. The number of aryl methyl sites for hydroxylation is 2. The molecule has 0 aliphatic heterocycles. The maximum atomic E-state index is 13.1. The first-order valence-corrected chi connectivity index (χ1v) is 10.3. The molecule has 0 bridgehead atoms. The van der Waals surface area contributed by atoms with E-state index in [4.69, 9.17) is 4.74 Å². The van der Waals surface area contributed by atoms with Crippen molar-refractivity contribution in [3.8, 4) is 17.1 Å². The van der Waals surface area contributed by atoms with Gasteiger partial charge < -0.3 is 4.74 Å². The van der Waals surface area contributed by atoms with Gasteiger partial charge in [-0.1, -0.05) is 47.7 Å². The third-order valence-corrected chi connectivity index (χ3v) is 5.77. The zero-order chi connectivity index (χ0) is 21.0. The van der Waals surface area contributed by atoms with Crippen LogP contribution in [0.1, 0.15) is 28.4 Å². The first kappa shape index (κ1) is 20.9. The van der Waals surface area contributed by atoms with E-state index in [1.165, 1.54) is 11.8 Å². The van der Waals surface area contributed by atoms with Gasteiger partial charge in [-0.3, -0.25) is 9.36 Å². The number of ketones is 1. The molecule has 0 radical (unpaired) electrons. The Bertz CT molecular complexity index is 1040. The summed E-state index contributed by atoms with van der Waals surface area (Å²) in [5.74, 6) is 1.50. The maximum absolute atomic E-state index is 13.1. The summed E-state index contributed by atoms with van der Waals surface area (Å²) in [6.45, 7) is 10.3. The van der Waals surface area contributed by atoms with Crippen LogP contribution in [0.25, 0.3) is 11.4 Å². The van der Waals surface area contributed by atoms with Gasteiger partial charge in [-0.15, -0.1) is 16.8 Å². The number of carbonyl (C=O) groups excluding carboxylic acids is 1. The summed E-state index contributed by atoms with van der Waals surface area (Å²) >= 11 is 1.41. The molecule has 0 spiro atoms. The molecule has 3 aromatic rings. The SMILES string of the molecule is C=CCn1c(S[C@@H](C)C(=O)c2cc(C)ccc2C)nnc1-c1ccccc1OC. The van der Waals surface area contributed by atoms with Crippen LogP contribution in [-0.2, 0) is 6.54 Å². The van der Waals surface area contributed by atoms with E-state index in [1.54, 1.807) is 13.2 Å². The summed E-state index contributed by atoms with van der Waals surface area (Å²) in [5, 5.41) is 9.13. The van der Waals surface area contributed by atoms with E-state index in [0.717, 1.165) is 28.0 Å². The van der Waals surface area contributed by atoms with Gasteiger partial charge in [0.15, 0.2) is 16.8 Å². The Labute approximate surface area is 175 Å². The molecule has 0 saturated heterocycles. The van der Waals surface area contributed by atoms with Gasteiger partial charge in [-0.2, -0.15) is 0 Å². The molecule has 0 saturated carbocycles. The van der Waals surface area contributed by atoms with Crippen LogP contribution in [0.15, 0.2) is 60.3 Å². The van der Waals surface area contributed by atoms with Crippen molar-refractivity contribution < 1.29 is 9.53 Å². The molecule has 1 atom stereocenters. The van der Waals surface area contributed by atoms with Gasteiger partial charge in [0, 0.05) is 12.1 Å². The molecule has 6 heteroatoms.